The maximum absolute atomic E-state index is 12.9. The number of benzene rings is 3. The lowest BCUT2D eigenvalue weighted by molar-refractivity contribution is 0.214. The van der Waals surface area contributed by atoms with E-state index < -0.39 is 0 Å². The Hall–Kier alpha value is -3.71. The molecule has 0 bridgehead atoms. The molecule has 0 saturated carbocycles. The number of aliphatic imine (C=N–C) groups is 1. The standard InChI is InChI=1S/C26H25ClN4O3/c1-33-23-12-5-9-20-24(23)34-22-11-3-2-10-21(22)29-25(20)30-13-6-14-31(16-15-30)26(32)28-19-8-4-7-18(27)17-19/h2-5,7-12,17H,6,13-16H2,1H3,(H,28,32). The predicted molar refractivity (Wildman–Crippen MR) is 134 cm³/mol. The normalized spacial score (nSPS) is 15.2. The lowest BCUT2D eigenvalue weighted by atomic mass is 10.1. The molecule has 174 valence electrons. The van der Waals surface area contributed by atoms with Gasteiger partial charge in [-0.05, 0) is 48.9 Å². The van der Waals surface area contributed by atoms with Gasteiger partial charge in [0.1, 0.15) is 11.5 Å². The van der Waals surface area contributed by atoms with Gasteiger partial charge in [0.15, 0.2) is 17.2 Å². The molecule has 2 aliphatic rings. The molecule has 0 atom stereocenters. The molecule has 2 heterocycles. The maximum atomic E-state index is 12.9. The fourth-order valence-corrected chi connectivity index (χ4v) is 4.41. The molecular weight excluding hydrogens is 452 g/mol. The molecular formula is C26H25ClN4O3. The molecule has 0 spiro atoms. The van der Waals surface area contributed by atoms with E-state index in [1.165, 1.54) is 0 Å². The van der Waals surface area contributed by atoms with Gasteiger partial charge in [-0.1, -0.05) is 35.9 Å². The van der Waals surface area contributed by atoms with Crippen molar-refractivity contribution in [3.05, 3.63) is 77.3 Å². The number of carbonyl (C=O) groups is 1. The molecule has 2 amide bonds. The minimum absolute atomic E-state index is 0.136. The highest BCUT2D eigenvalue weighted by Gasteiger charge is 2.27. The number of rotatable bonds is 2. The largest absolute Gasteiger partial charge is 0.493 e. The van der Waals surface area contributed by atoms with Crippen LogP contribution >= 0.6 is 11.6 Å². The summed E-state index contributed by atoms with van der Waals surface area (Å²) in [6.07, 6.45) is 0.809. The highest BCUT2D eigenvalue weighted by molar-refractivity contribution is 6.30. The van der Waals surface area contributed by atoms with Crippen LogP contribution in [0.3, 0.4) is 0 Å². The van der Waals surface area contributed by atoms with Crippen molar-refractivity contribution in [1.82, 2.24) is 9.80 Å². The molecule has 8 heteroatoms. The Morgan fingerprint density at radius 1 is 1.03 bits per heavy atom. The molecule has 0 unspecified atom stereocenters. The second-order valence-corrected chi connectivity index (χ2v) is 8.55. The summed E-state index contributed by atoms with van der Waals surface area (Å²) in [6, 6.07) is 20.6. The van der Waals surface area contributed by atoms with Gasteiger partial charge in [0.2, 0.25) is 0 Å². The van der Waals surface area contributed by atoms with Gasteiger partial charge in [-0.2, -0.15) is 0 Å². The lowest BCUT2D eigenvalue weighted by Crippen LogP contribution is -2.39. The number of carbonyl (C=O) groups excluding carboxylic acids is 1. The predicted octanol–water partition coefficient (Wildman–Crippen LogP) is 5.77. The van der Waals surface area contributed by atoms with Gasteiger partial charge in [-0.3, -0.25) is 0 Å². The number of amides is 2. The molecule has 3 aromatic carbocycles. The molecule has 1 saturated heterocycles. The Balaban J connectivity index is 1.40. The molecule has 0 aliphatic carbocycles. The van der Waals surface area contributed by atoms with Crippen LogP contribution in [0.15, 0.2) is 71.7 Å². The summed E-state index contributed by atoms with van der Waals surface area (Å²) in [6.45, 7) is 2.61. The van der Waals surface area contributed by atoms with Crippen LogP contribution in [0.1, 0.15) is 12.0 Å². The van der Waals surface area contributed by atoms with Gasteiger partial charge in [0, 0.05) is 36.9 Å². The van der Waals surface area contributed by atoms with Crippen molar-refractivity contribution in [3.8, 4) is 17.2 Å². The Morgan fingerprint density at radius 2 is 1.88 bits per heavy atom. The second kappa shape index (κ2) is 9.65. The van der Waals surface area contributed by atoms with Crippen LogP contribution in [0.5, 0.6) is 17.2 Å². The first-order chi connectivity index (χ1) is 16.6. The highest BCUT2D eigenvalue weighted by atomic mass is 35.5. The van der Waals surface area contributed by atoms with Gasteiger partial charge < -0.3 is 24.6 Å². The zero-order valence-electron chi connectivity index (χ0n) is 18.8. The van der Waals surface area contributed by atoms with Crippen LogP contribution in [-0.2, 0) is 0 Å². The maximum Gasteiger partial charge on any atom is 0.321 e. The van der Waals surface area contributed by atoms with Crippen molar-refractivity contribution in [2.75, 3.05) is 38.6 Å². The monoisotopic (exact) mass is 476 g/mol. The fourth-order valence-electron chi connectivity index (χ4n) is 4.22. The third-order valence-corrected chi connectivity index (χ3v) is 6.14. The van der Waals surface area contributed by atoms with Crippen LogP contribution < -0.4 is 14.8 Å². The number of para-hydroxylation sites is 3. The first kappa shape index (κ1) is 22.1. The first-order valence-electron chi connectivity index (χ1n) is 11.2. The van der Waals surface area contributed by atoms with E-state index >= 15 is 0 Å². The average Bonchev–Trinajstić information content (AvgIpc) is 3.19. The van der Waals surface area contributed by atoms with E-state index in [4.69, 9.17) is 26.1 Å². The summed E-state index contributed by atoms with van der Waals surface area (Å²) in [5.41, 5.74) is 2.31. The van der Waals surface area contributed by atoms with Crippen molar-refractivity contribution in [2.45, 2.75) is 6.42 Å². The summed E-state index contributed by atoms with van der Waals surface area (Å²) in [7, 11) is 1.63. The van der Waals surface area contributed by atoms with E-state index in [0.717, 1.165) is 30.1 Å². The summed E-state index contributed by atoms with van der Waals surface area (Å²) in [5.74, 6) is 2.80. The summed E-state index contributed by atoms with van der Waals surface area (Å²) < 4.78 is 11.8. The minimum Gasteiger partial charge on any atom is -0.493 e. The van der Waals surface area contributed by atoms with E-state index in [9.17, 15) is 4.79 Å². The molecule has 5 rings (SSSR count). The molecule has 34 heavy (non-hydrogen) atoms. The molecule has 1 fully saturated rings. The smallest absolute Gasteiger partial charge is 0.321 e. The molecule has 0 aromatic heterocycles. The summed E-state index contributed by atoms with van der Waals surface area (Å²) >= 11 is 6.05. The topological polar surface area (TPSA) is 66.4 Å². The number of amidine groups is 1. The fraction of sp³-hybridized carbons (Fsp3) is 0.231. The number of halogens is 1. The number of nitrogens with zero attached hydrogens (tertiary/aromatic N) is 3. The Kier molecular flexibility index (Phi) is 6.27. The van der Waals surface area contributed by atoms with Crippen molar-refractivity contribution in [2.24, 2.45) is 4.99 Å². The summed E-state index contributed by atoms with van der Waals surface area (Å²) in [5, 5.41) is 3.53. The average molecular weight is 477 g/mol. The number of anilines is 1. The van der Waals surface area contributed by atoms with Gasteiger partial charge >= 0.3 is 6.03 Å². The van der Waals surface area contributed by atoms with Gasteiger partial charge in [-0.15, -0.1) is 0 Å². The van der Waals surface area contributed by atoms with Gasteiger partial charge in [-0.25, -0.2) is 9.79 Å². The van der Waals surface area contributed by atoms with Gasteiger partial charge in [0.25, 0.3) is 0 Å². The van der Waals surface area contributed by atoms with Gasteiger partial charge in [0.05, 0.1) is 12.7 Å². The van der Waals surface area contributed by atoms with Crippen LogP contribution in [0.2, 0.25) is 5.02 Å². The van der Waals surface area contributed by atoms with Crippen molar-refractivity contribution in [1.29, 1.82) is 0 Å². The Morgan fingerprint density at radius 3 is 2.74 bits per heavy atom. The molecule has 7 nitrogen and oxygen atoms in total. The van der Waals surface area contributed by atoms with E-state index in [1.807, 2.05) is 59.5 Å². The third kappa shape index (κ3) is 4.52. The number of methoxy groups -OCH3 is 1. The van der Waals surface area contributed by atoms with Crippen LogP contribution in [0.4, 0.5) is 16.2 Å². The first-order valence-corrected chi connectivity index (χ1v) is 11.6. The van der Waals surface area contributed by atoms with E-state index in [1.54, 1.807) is 19.2 Å². The number of ether oxygens (including phenoxy) is 2. The van der Waals surface area contributed by atoms with Crippen LogP contribution in [-0.4, -0.2) is 55.0 Å². The molecule has 1 N–H and O–H groups in total. The highest BCUT2D eigenvalue weighted by Crippen LogP contribution is 2.42. The van der Waals surface area contributed by atoms with E-state index in [-0.39, 0.29) is 6.03 Å². The van der Waals surface area contributed by atoms with E-state index in [0.29, 0.717) is 47.6 Å². The zero-order chi connectivity index (χ0) is 23.5. The third-order valence-electron chi connectivity index (χ3n) is 5.90. The Bertz CT molecular complexity index is 1250. The zero-order valence-corrected chi connectivity index (χ0v) is 19.6. The van der Waals surface area contributed by atoms with Crippen LogP contribution in [0, 0.1) is 0 Å². The van der Waals surface area contributed by atoms with Crippen LogP contribution in [0.25, 0.3) is 0 Å². The molecule has 3 aromatic rings. The number of hydrogen-bond acceptors (Lipinski definition) is 5. The molecule has 0 radical (unpaired) electrons. The second-order valence-electron chi connectivity index (χ2n) is 8.11. The Labute approximate surface area is 203 Å². The SMILES string of the molecule is COc1cccc2c1Oc1ccccc1N=C2N1CCCN(C(=O)Nc2cccc(Cl)c2)CC1. The van der Waals surface area contributed by atoms with Crippen molar-refractivity contribution in [3.63, 3.8) is 0 Å². The number of fused-ring (bicyclic) bond motifs is 2. The molecule has 2 aliphatic heterocycles. The number of hydrogen-bond donors (Lipinski definition) is 1. The quantitative estimate of drug-likeness (QED) is 0.509. The van der Waals surface area contributed by atoms with Crippen molar-refractivity contribution >= 4 is 34.8 Å². The number of urea groups is 1. The minimum atomic E-state index is -0.136. The summed E-state index contributed by atoms with van der Waals surface area (Å²) in [4.78, 5) is 21.9. The van der Waals surface area contributed by atoms with Crippen molar-refractivity contribution < 1.29 is 14.3 Å². The lowest BCUT2D eigenvalue weighted by Gasteiger charge is -2.25. The number of nitrogens with one attached hydrogen (secondary N) is 1. The van der Waals surface area contributed by atoms with E-state index in [2.05, 4.69) is 10.2 Å².